The highest BCUT2D eigenvalue weighted by molar-refractivity contribution is 7.89. The molecule has 0 aromatic heterocycles. The zero-order valence-corrected chi connectivity index (χ0v) is 19.2. The first-order valence-corrected chi connectivity index (χ1v) is 11.9. The molecule has 0 aliphatic carbocycles. The molecule has 0 spiro atoms. The van der Waals surface area contributed by atoms with Crippen molar-refractivity contribution in [3.63, 3.8) is 0 Å². The van der Waals surface area contributed by atoms with E-state index in [1.807, 2.05) is 30.3 Å². The molecule has 8 nitrogen and oxygen atoms in total. The van der Waals surface area contributed by atoms with Crippen LogP contribution in [0.4, 0.5) is 5.69 Å². The Morgan fingerprint density at radius 2 is 1.82 bits per heavy atom. The Kier molecular flexibility index (Phi) is 6.73. The predicted octanol–water partition coefficient (Wildman–Crippen LogP) is 4.13. The largest absolute Gasteiger partial charge is 0.482 e. The molecule has 172 valence electrons. The average molecular weight is 489 g/mol. The van der Waals surface area contributed by atoms with Gasteiger partial charge in [0.2, 0.25) is 16.8 Å². The lowest BCUT2D eigenvalue weighted by molar-refractivity contribution is -0.118. The molecule has 0 unspecified atom stereocenters. The molecule has 1 amide bonds. The molecule has 0 saturated carbocycles. The van der Waals surface area contributed by atoms with E-state index >= 15 is 0 Å². The summed E-state index contributed by atoms with van der Waals surface area (Å²) < 4.78 is 44.1. The molecule has 2 N–H and O–H groups in total. The molecule has 1 heterocycles. The quantitative estimate of drug-likeness (QED) is 0.494. The van der Waals surface area contributed by atoms with Crippen LogP contribution in [-0.2, 0) is 14.8 Å². The van der Waals surface area contributed by atoms with Crippen LogP contribution in [0.1, 0.15) is 18.5 Å². The third-order valence-electron chi connectivity index (χ3n) is 4.86. The summed E-state index contributed by atoms with van der Waals surface area (Å²) in [5.41, 5.74) is 1.36. The number of rotatable bonds is 8. The fourth-order valence-electron chi connectivity index (χ4n) is 3.19. The second-order valence-electron chi connectivity index (χ2n) is 7.25. The molecule has 0 radical (unpaired) electrons. The minimum Gasteiger partial charge on any atom is -0.482 e. The van der Waals surface area contributed by atoms with Gasteiger partial charge in [-0.25, -0.2) is 13.1 Å². The normalized spacial score (nSPS) is 13.4. The van der Waals surface area contributed by atoms with Gasteiger partial charge in [-0.3, -0.25) is 4.79 Å². The van der Waals surface area contributed by atoms with Gasteiger partial charge in [0.1, 0.15) is 5.75 Å². The van der Waals surface area contributed by atoms with Gasteiger partial charge in [0, 0.05) is 17.8 Å². The number of benzene rings is 3. The van der Waals surface area contributed by atoms with Crippen molar-refractivity contribution in [1.29, 1.82) is 0 Å². The van der Waals surface area contributed by atoms with Crippen LogP contribution in [0.15, 0.2) is 71.6 Å². The van der Waals surface area contributed by atoms with Gasteiger partial charge in [0.15, 0.2) is 18.1 Å². The SMILES string of the molecule is C[C@H](NS(=O)(=O)c1ccc(OCC(=O)Nc2ccc3c(c2)OCO3)c(Cl)c1)c1ccccc1. The van der Waals surface area contributed by atoms with Gasteiger partial charge >= 0.3 is 0 Å². The van der Waals surface area contributed by atoms with Crippen LogP contribution in [0.5, 0.6) is 17.2 Å². The summed E-state index contributed by atoms with van der Waals surface area (Å²) >= 11 is 6.22. The lowest BCUT2D eigenvalue weighted by Crippen LogP contribution is -2.27. The van der Waals surface area contributed by atoms with Crippen LogP contribution in [0.2, 0.25) is 5.02 Å². The third-order valence-corrected chi connectivity index (χ3v) is 6.69. The lowest BCUT2D eigenvalue weighted by Gasteiger charge is -2.15. The van der Waals surface area contributed by atoms with Crippen LogP contribution < -0.4 is 24.2 Å². The average Bonchev–Trinajstić information content (AvgIpc) is 3.26. The highest BCUT2D eigenvalue weighted by Gasteiger charge is 2.20. The maximum atomic E-state index is 12.7. The van der Waals surface area contributed by atoms with Crippen molar-refractivity contribution in [1.82, 2.24) is 4.72 Å². The maximum absolute atomic E-state index is 12.7. The highest BCUT2D eigenvalue weighted by Crippen LogP contribution is 2.34. The minimum absolute atomic E-state index is 0.00700. The molecule has 10 heteroatoms. The van der Waals surface area contributed by atoms with Gasteiger partial charge in [-0.15, -0.1) is 0 Å². The Bertz CT molecular complexity index is 1270. The number of amides is 1. The van der Waals surface area contributed by atoms with Crippen molar-refractivity contribution >= 4 is 33.2 Å². The van der Waals surface area contributed by atoms with Crippen LogP contribution in [0.3, 0.4) is 0 Å². The van der Waals surface area contributed by atoms with Crippen molar-refractivity contribution < 1.29 is 27.4 Å². The summed E-state index contributed by atoms with van der Waals surface area (Å²) in [6.45, 7) is 1.58. The highest BCUT2D eigenvalue weighted by atomic mass is 35.5. The zero-order valence-electron chi connectivity index (χ0n) is 17.6. The number of hydrogen-bond acceptors (Lipinski definition) is 6. The van der Waals surface area contributed by atoms with E-state index in [9.17, 15) is 13.2 Å². The zero-order chi connectivity index (χ0) is 23.4. The van der Waals surface area contributed by atoms with Crippen molar-refractivity contribution in [2.75, 3.05) is 18.7 Å². The van der Waals surface area contributed by atoms with Gasteiger partial charge in [0.05, 0.1) is 9.92 Å². The fraction of sp³-hybridized carbons (Fsp3) is 0.174. The van der Waals surface area contributed by atoms with Gasteiger partial charge in [-0.2, -0.15) is 0 Å². The number of hydrogen-bond donors (Lipinski definition) is 2. The van der Waals surface area contributed by atoms with Crippen molar-refractivity contribution in [2.45, 2.75) is 17.9 Å². The van der Waals surface area contributed by atoms with E-state index in [0.29, 0.717) is 17.2 Å². The van der Waals surface area contributed by atoms with Crippen LogP contribution in [0, 0.1) is 0 Å². The smallest absolute Gasteiger partial charge is 0.262 e. The predicted molar refractivity (Wildman–Crippen MR) is 123 cm³/mol. The van der Waals surface area contributed by atoms with Gasteiger partial charge < -0.3 is 19.5 Å². The van der Waals surface area contributed by atoms with E-state index in [-0.39, 0.29) is 29.1 Å². The molecule has 33 heavy (non-hydrogen) atoms. The van der Waals surface area contributed by atoms with Crippen LogP contribution in [0.25, 0.3) is 0 Å². The number of halogens is 1. The Morgan fingerprint density at radius 3 is 2.58 bits per heavy atom. The molecule has 0 saturated heterocycles. The van der Waals surface area contributed by atoms with E-state index in [0.717, 1.165) is 5.56 Å². The molecule has 0 bridgehead atoms. The van der Waals surface area contributed by atoms with Gasteiger partial charge in [-0.1, -0.05) is 41.9 Å². The number of carbonyl (C=O) groups is 1. The second kappa shape index (κ2) is 9.70. The van der Waals surface area contributed by atoms with E-state index in [1.165, 1.54) is 18.2 Å². The molecule has 3 aromatic rings. The molecular formula is C23H21ClN2O6S. The molecule has 4 rings (SSSR count). The number of fused-ring (bicyclic) bond motifs is 1. The number of carbonyl (C=O) groups excluding carboxylic acids is 1. The second-order valence-corrected chi connectivity index (χ2v) is 9.37. The molecule has 1 aliphatic rings. The Morgan fingerprint density at radius 1 is 1.06 bits per heavy atom. The summed E-state index contributed by atoms with van der Waals surface area (Å²) in [4.78, 5) is 12.2. The fourth-order valence-corrected chi connectivity index (χ4v) is 4.75. The lowest BCUT2D eigenvalue weighted by atomic mass is 10.1. The van der Waals surface area contributed by atoms with Crippen molar-refractivity contribution in [3.8, 4) is 17.2 Å². The van der Waals surface area contributed by atoms with E-state index in [2.05, 4.69) is 10.0 Å². The summed E-state index contributed by atoms with van der Waals surface area (Å²) in [6.07, 6.45) is 0. The first-order chi connectivity index (χ1) is 15.8. The Balaban J connectivity index is 1.36. The Labute approximate surface area is 196 Å². The molecule has 1 aliphatic heterocycles. The summed E-state index contributed by atoms with van der Waals surface area (Å²) in [7, 11) is -3.82. The maximum Gasteiger partial charge on any atom is 0.262 e. The number of ether oxygens (including phenoxy) is 3. The molecular weight excluding hydrogens is 468 g/mol. The van der Waals surface area contributed by atoms with E-state index in [1.54, 1.807) is 25.1 Å². The minimum atomic E-state index is -3.82. The summed E-state index contributed by atoms with van der Waals surface area (Å²) in [6, 6.07) is 17.9. The Hall–Kier alpha value is -3.27. The van der Waals surface area contributed by atoms with Crippen molar-refractivity contribution in [3.05, 3.63) is 77.3 Å². The standard InChI is InChI=1S/C23H21ClN2O6S/c1-15(16-5-3-2-4-6-16)26-33(28,29)18-8-10-20(19(24)12-18)30-13-23(27)25-17-7-9-21-22(11-17)32-14-31-21/h2-12,15,26H,13-14H2,1H3,(H,25,27)/t15-/m0/s1. The van der Waals surface area contributed by atoms with E-state index < -0.39 is 22.0 Å². The van der Waals surface area contributed by atoms with Crippen molar-refractivity contribution in [2.24, 2.45) is 0 Å². The van der Waals surface area contributed by atoms with E-state index in [4.69, 9.17) is 25.8 Å². The first-order valence-electron chi connectivity index (χ1n) is 10.0. The van der Waals surface area contributed by atoms with Gasteiger partial charge in [0.25, 0.3) is 5.91 Å². The van der Waals surface area contributed by atoms with Crippen LogP contribution in [-0.4, -0.2) is 27.7 Å². The number of nitrogens with one attached hydrogen (secondary N) is 2. The molecule has 0 fully saturated rings. The first kappa shape index (κ1) is 22.9. The summed E-state index contributed by atoms with van der Waals surface area (Å²) in [5, 5.41) is 2.76. The number of sulfonamides is 1. The van der Waals surface area contributed by atoms with Gasteiger partial charge in [-0.05, 0) is 42.8 Å². The van der Waals surface area contributed by atoms with Crippen LogP contribution >= 0.6 is 11.6 Å². The summed E-state index contributed by atoms with van der Waals surface area (Å²) in [5.74, 6) is 0.926. The third kappa shape index (κ3) is 5.57. The molecule has 3 aromatic carbocycles. The number of anilines is 1. The monoisotopic (exact) mass is 488 g/mol. The topological polar surface area (TPSA) is 103 Å². The molecule has 1 atom stereocenters.